The van der Waals surface area contributed by atoms with E-state index in [1.807, 2.05) is 0 Å². The van der Waals surface area contributed by atoms with E-state index < -0.39 is 5.97 Å². The van der Waals surface area contributed by atoms with Crippen molar-refractivity contribution in [2.75, 3.05) is 18.0 Å². The number of carboxylic acid groups (broad SMARTS) is 1. The van der Waals surface area contributed by atoms with E-state index in [4.69, 9.17) is 5.11 Å². The van der Waals surface area contributed by atoms with Crippen LogP contribution in [0.4, 0.5) is 5.82 Å². The van der Waals surface area contributed by atoms with E-state index in [1.165, 1.54) is 36.1 Å². The third-order valence-corrected chi connectivity index (χ3v) is 5.72. The Balaban J connectivity index is 1.42. The van der Waals surface area contributed by atoms with Gasteiger partial charge in [0.05, 0.1) is 11.2 Å². The second-order valence-electron chi connectivity index (χ2n) is 6.20. The van der Waals surface area contributed by atoms with Crippen molar-refractivity contribution in [1.82, 2.24) is 15.0 Å². The molecular weight excluding hydrogens is 312 g/mol. The molecule has 1 N–H and O–H groups in total. The molecule has 0 atom stereocenters. The standard InChI is InChI=1S/C16H18N4O2S/c21-16(22)13-8-17-15(23-13)11-3-5-20(6-4-11)14-7-12(10-1-2-10)18-9-19-14/h7-11H,1-6H2,(H,21,22). The molecule has 0 aromatic carbocycles. The van der Waals surface area contributed by atoms with Crippen molar-refractivity contribution in [3.63, 3.8) is 0 Å². The molecule has 0 radical (unpaired) electrons. The van der Waals surface area contributed by atoms with Crippen LogP contribution in [0.3, 0.4) is 0 Å². The van der Waals surface area contributed by atoms with Gasteiger partial charge in [-0.2, -0.15) is 0 Å². The minimum atomic E-state index is -0.889. The predicted octanol–water partition coefficient (Wildman–Crippen LogP) is 2.89. The second kappa shape index (κ2) is 5.88. The highest BCUT2D eigenvalue weighted by Gasteiger charge is 2.28. The average Bonchev–Trinajstić information content (AvgIpc) is 3.31. The lowest BCUT2D eigenvalue weighted by molar-refractivity contribution is 0.0702. The molecule has 0 unspecified atom stereocenters. The molecule has 1 aliphatic heterocycles. The van der Waals surface area contributed by atoms with Crippen molar-refractivity contribution in [1.29, 1.82) is 0 Å². The summed E-state index contributed by atoms with van der Waals surface area (Å²) >= 11 is 1.30. The first-order chi connectivity index (χ1) is 11.2. The zero-order chi connectivity index (χ0) is 15.8. The van der Waals surface area contributed by atoms with E-state index in [2.05, 4.69) is 25.9 Å². The molecule has 1 saturated heterocycles. The van der Waals surface area contributed by atoms with Crippen molar-refractivity contribution in [2.24, 2.45) is 0 Å². The molecular formula is C16H18N4O2S. The number of piperidine rings is 1. The molecule has 2 fully saturated rings. The zero-order valence-corrected chi connectivity index (χ0v) is 13.5. The molecule has 1 saturated carbocycles. The van der Waals surface area contributed by atoms with Gasteiger partial charge in [0.15, 0.2) is 0 Å². The van der Waals surface area contributed by atoms with E-state index in [0.717, 1.165) is 36.8 Å². The molecule has 120 valence electrons. The predicted molar refractivity (Wildman–Crippen MR) is 87.3 cm³/mol. The molecule has 23 heavy (non-hydrogen) atoms. The molecule has 7 heteroatoms. The van der Waals surface area contributed by atoms with Crippen LogP contribution in [0.25, 0.3) is 0 Å². The van der Waals surface area contributed by atoms with E-state index >= 15 is 0 Å². The van der Waals surface area contributed by atoms with E-state index in [-0.39, 0.29) is 0 Å². The van der Waals surface area contributed by atoms with Gasteiger partial charge < -0.3 is 10.0 Å². The number of nitrogens with zero attached hydrogens (tertiary/aromatic N) is 4. The van der Waals surface area contributed by atoms with Crippen LogP contribution in [0.1, 0.15) is 57.9 Å². The number of aromatic carboxylic acids is 1. The highest BCUT2D eigenvalue weighted by Crippen LogP contribution is 2.40. The molecule has 0 amide bonds. The van der Waals surface area contributed by atoms with Gasteiger partial charge in [0.25, 0.3) is 0 Å². The smallest absolute Gasteiger partial charge is 0.347 e. The maximum atomic E-state index is 11.0. The maximum Gasteiger partial charge on any atom is 0.347 e. The molecule has 2 aromatic rings. The second-order valence-corrected chi connectivity index (χ2v) is 7.27. The Kier molecular flexibility index (Phi) is 3.72. The van der Waals surface area contributed by atoms with E-state index in [1.54, 1.807) is 6.33 Å². The fraction of sp³-hybridized carbons (Fsp3) is 0.500. The zero-order valence-electron chi connectivity index (χ0n) is 12.7. The van der Waals surface area contributed by atoms with Crippen LogP contribution >= 0.6 is 11.3 Å². The molecule has 0 spiro atoms. The Hall–Kier alpha value is -2.02. The van der Waals surface area contributed by atoms with Crippen LogP contribution in [-0.4, -0.2) is 39.1 Å². The van der Waals surface area contributed by atoms with Gasteiger partial charge in [0.1, 0.15) is 17.0 Å². The average molecular weight is 330 g/mol. The Morgan fingerprint density at radius 3 is 2.57 bits per heavy atom. The van der Waals surface area contributed by atoms with Crippen molar-refractivity contribution in [3.05, 3.63) is 34.2 Å². The summed E-state index contributed by atoms with van der Waals surface area (Å²) in [4.78, 5) is 26.7. The third-order valence-electron chi connectivity index (χ3n) is 4.57. The third kappa shape index (κ3) is 3.06. The Morgan fingerprint density at radius 1 is 1.13 bits per heavy atom. The number of hydrogen-bond acceptors (Lipinski definition) is 6. The van der Waals surface area contributed by atoms with Gasteiger partial charge in [-0.15, -0.1) is 11.3 Å². The lowest BCUT2D eigenvalue weighted by Crippen LogP contribution is -2.33. The van der Waals surface area contributed by atoms with Crippen LogP contribution in [-0.2, 0) is 0 Å². The summed E-state index contributed by atoms with van der Waals surface area (Å²) in [5.41, 5.74) is 1.17. The topological polar surface area (TPSA) is 79.2 Å². The first-order valence-corrected chi connectivity index (χ1v) is 8.78. The number of anilines is 1. The number of rotatable bonds is 4. The van der Waals surface area contributed by atoms with Crippen LogP contribution < -0.4 is 4.90 Å². The van der Waals surface area contributed by atoms with Gasteiger partial charge in [-0.1, -0.05) is 0 Å². The van der Waals surface area contributed by atoms with Gasteiger partial charge in [0, 0.05) is 36.7 Å². The summed E-state index contributed by atoms with van der Waals surface area (Å²) in [5, 5.41) is 9.96. The number of carbonyl (C=O) groups is 1. The summed E-state index contributed by atoms with van der Waals surface area (Å²) in [7, 11) is 0. The lowest BCUT2D eigenvalue weighted by Gasteiger charge is -2.32. The maximum absolute atomic E-state index is 11.0. The largest absolute Gasteiger partial charge is 0.477 e. The fourth-order valence-electron chi connectivity index (χ4n) is 3.07. The summed E-state index contributed by atoms with van der Waals surface area (Å²) in [6.45, 7) is 1.85. The molecule has 3 heterocycles. The Morgan fingerprint density at radius 2 is 1.91 bits per heavy atom. The SMILES string of the molecule is O=C(O)c1cnc(C2CCN(c3cc(C4CC4)ncn3)CC2)s1. The quantitative estimate of drug-likeness (QED) is 0.928. The van der Waals surface area contributed by atoms with Gasteiger partial charge >= 0.3 is 5.97 Å². The number of aromatic nitrogens is 3. The molecule has 1 aliphatic carbocycles. The minimum absolute atomic E-state index is 0.326. The lowest BCUT2D eigenvalue weighted by atomic mass is 9.97. The van der Waals surface area contributed by atoms with E-state index in [0.29, 0.717) is 16.7 Å². The molecule has 4 rings (SSSR count). The Bertz CT molecular complexity index is 720. The van der Waals surface area contributed by atoms with Gasteiger partial charge in [-0.3, -0.25) is 0 Å². The number of thiazole rings is 1. The van der Waals surface area contributed by atoms with Crippen LogP contribution in [0.2, 0.25) is 0 Å². The van der Waals surface area contributed by atoms with Crippen LogP contribution in [0.5, 0.6) is 0 Å². The van der Waals surface area contributed by atoms with Crippen molar-refractivity contribution in [2.45, 2.75) is 37.5 Å². The normalized spacial score (nSPS) is 19.0. The molecule has 6 nitrogen and oxygen atoms in total. The highest BCUT2D eigenvalue weighted by molar-refractivity contribution is 7.13. The summed E-state index contributed by atoms with van der Waals surface area (Å²) < 4.78 is 0. The summed E-state index contributed by atoms with van der Waals surface area (Å²) in [6.07, 6.45) is 7.60. The molecule has 2 aromatic heterocycles. The first kappa shape index (κ1) is 14.6. The molecule has 0 bridgehead atoms. The number of hydrogen-bond donors (Lipinski definition) is 1. The highest BCUT2D eigenvalue weighted by atomic mass is 32.1. The van der Waals surface area contributed by atoms with Crippen molar-refractivity contribution < 1.29 is 9.90 Å². The fourth-order valence-corrected chi connectivity index (χ4v) is 3.99. The van der Waals surface area contributed by atoms with Gasteiger partial charge in [-0.25, -0.2) is 19.7 Å². The van der Waals surface area contributed by atoms with Gasteiger partial charge in [-0.05, 0) is 25.7 Å². The summed E-state index contributed by atoms with van der Waals surface area (Å²) in [5.74, 6) is 1.12. The summed E-state index contributed by atoms with van der Waals surface area (Å²) in [6, 6.07) is 2.13. The first-order valence-electron chi connectivity index (χ1n) is 7.96. The Labute approximate surface area is 138 Å². The van der Waals surface area contributed by atoms with Crippen LogP contribution in [0, 0.1) is 0 Å². The van der Waals surface area contributed by atoms with E-state index in [9.17, 15) is 4.79 Å². The minimum Gasteiger partial charge on any atom is -0.477 e. The number of carboxylic acids is 1. The monoisotopic (exact) mass is 330 g/mol. The van der Waals surface area contributed by atoms with Crippen molar-refractivity contribution in [3.8, 4) is 0 Å². The van der Waals surface area contributed by atoms with Crippen molar-refractivity contribution >= 4 is 23.1 Å². The van der Waals surface area contributed by atoms with Crippen LogP contribution in [0.15, 0.2) is 18.6 Å². The van der Waals surface area contributed by atoms with Gasteiger partial charge in [0.2, 0.25) is 0 Å². The molecule has 2 aliphatic rings.